The highest BCUT2D eigenvalue weighted by Crippen LogP contribution is 1.85. The van der Waals surface area contributed by atoms with E-state index >= 15 is 0 Å². The van der Waals surface area contributed by atoms with Gasteiger partial charge in [-0.3, -0.25) is 4.79 Å². The number of rotatable bonds is 2. The van der Waals surface area contributed by atoms with E-state index < -0.39 is 0 Å². The van der Waals surface area contributed by atoms with Gasteiger partial charge in [-0.2, -0.15) is 0 Å². The Morgan fingerprint density at radius 3 is 2.62 bits per heavy atom. The zero-order valence-corrected chi connectivity index (χ0v) is 5.40. The third-order valence-corrected chi connectivity index (χ3v) is 0.636. The summed E-state index contributed by atoms with van der Waals surface area (Å²) in [6.07, 6.45) is 1.18. The molecule has 0 saturated carbocycles. The van der Waals surface area contributed by atoms with Gasteiger partial charge in [0, 0.05) is 0 Å². The number of amides is 1. The predicted octanol–water partition coefficient (Wildman–Crippen LogP) is 0.873. The summed E-state index contributed by atoms with van der Waals surface area (Å²) in [6.45, 7) is 4.91. The maximum Gasteiger partial charge on any atom is 0.244 e. The van der Waals surface area contributed by atoms with Crippen molar-refractivity contribution >= 4 is 17.5 Å². The van der Waals surface area contributed by atoms with Crippen LogP contribution in [0.3, 0.4) is 0 Å². The van der Waals surface area contributed by atoms with Gasteiger partial charge in [0.25, 0.3) is 0 Å². The second-order valence-corrected chi connectivity index (χ2v) is 1.98. The van der Waals surface area contributed by atoms with E-state index in [4.69, 9.17) is 11.6 Å². The van der Waals surface area contributed by atoms with Crippen molar-refractivity contribution in [3.8, 4) is 0 Å². The fourth-order valence-corrected chi connectivity index (χ4v) is 0.362. The summed E-state index contributed by atoms with van der Waals surface area (Å²) < 4.78 is 0. The highest BCUT2D eigenvalue weighted by Gasteiger charge is 1.95. The van der Waals surface area contributed by atoms with Crippen molar-refractivity contribution in [3.63, 3.8) is 0 Å². The Kier molecular flexibility index (Phi) is 3.28. The second-order valence-electron chi connectivity index (χ2n) is 1.33. The number of hydrogen-bond acceptors (Lipinski definition) is 1. The van der Waals surface area contributed by atoms with Crippen LogP contribution in [0.2, 0.25) is 0 Å². The first-order valence-corrected chi connectivity index (χ1v) is 2.67. The molecule has 0 aromatic rings. The van der Waals surface area contributed by atoms with Gasteiger partial charge in [-0.1, -0.05) is 18.2 Å². The van der Waals surface area contributed by atoms with Crippen LogP contribution >= 0.6 is 11.6 Å². The van der Waals surface area contributed by atoms with E-state index in [2.05, 4.69) is 11.9 Å². The lowest BCUT2D eigenvalue weighted by atomic mass is 10.6. The van der Waals surface area contributed by atoms with Crippen LogP contribution in [-0.4, -0.2) is 11.4 Å². The Labute approximate surface area is 53.5 Å². The van der Waals surface area contributed by atoms with Crippen molar-refractivity contribution in [1.82, 2.24) is 5.32 Å². The zero-order chi connectivity index (χ0) is 6.57. The van der Waals surface area contributed by atoms with Crippen molar-refractivity contribution in [3.05, 3.63) is 12.7 Å². The lowest BCUT2D eigenvalue weighted by molar-refractivity contribution is -0.116. The molecule has 0 spiro atoms. The zero-order valence-electron chi connectivity index (χ0n) is 4.65. The monoisotopic (exact) mass is 133 g/mol. The average molecular weight is 134 g/mol. The molecule has 0 heterocycles. The number of halogens is 1. The molecule has 1 unspecified atom stereocenters. The molecule has 0 fully saturated rings. The third kappa shape index (κ3) is 3.68. The molecule has 0 bridgehead atoms. The SMILES string of the molecule is C=CC(=O)NC(C)Cl. The van der Waals surface area contributed by atoms with Crippen LogP contribution in [0.5, 0.6) is 0 Å². The van der Waals surface area contributed by atoms with Crippen LogP contribution in [0.1, 0.15) is 6.92 Å². The summed E-state index contributed by atoms with van der Waals surface area (Å²) in [4.78, 5) is 10.3. The van der Waals surface area contributed by atoms with Crippen LogP contribution in [0.15, 0.2) is 12.7 Å². The van der Waals surface area contributed by atoms with Gasteiger partial charge in [-0.05, 0) is 13.0 Å². The maximum atomic E-state index is 10.3. The maximum absolute atomic E-state index is 10.3. The number of nitrogens with one attached hydrogen (secondary N) is 1. The van der Waals surface area contributed by atoms with Crippen molar-refractivity contribution in [2.75, 3.05) is 0 Å². The molecule has 3 heteroatoms. The molecule has 0 rings (SSSR count). The highest BCUT2D eigenvalue weighted by atomic mass is 35.5. The summed E-state index contributed by atoms with van der Waals surface area (Å²) in [5.41, 5.74) is -0.319. The molecule has 0 aromatic heterocycles. The summed E-state index contributed by atoms with van der Waals surface area (Å²) in [5, 5.41) is 2.40. The standard InChI is InChI=1S/C5H8ClNO/c1-3-5(8)7-4(2)6/h3-4H,1H2,2H3,(H,7,8). The molecule has 1 amide bonds. The van der Waals surface area contributed by atoms with Gasteiger partial charge in [0.1, 0.15) is 5.50 Å². The first-order chi connectivity index (χ1) is 3.66. The minimum absolute atomic E-state index is 0.243. The summed E-state index contributed by atoms with van der Waals surface area (Å²) in [5.74, 6) is -0.243. The van der Waals surface area contributed by atoms with E-state index in [0.29, 0.717) is 0 Å². The number of carbonyl (C=O) groups is 1. The molecule has 0 aromatic carbocycles. The van der Waals surface area contributed by atoms with Gasteiger partial charge >= 0.3 is 0 Å². The Morgan fingerprint density at radius 1 is 2.00 bits per heavy atom. The van der Waals surface area contributed by atoms with Crippen molar-refractivity contribution in [1.29, 1.82) is 0 Å². The molecule has 0 aliphatic heterocycles. The number of hydrogen-bond donors (Lipinski definition) is 1. The van der Waals surface area contributed by atoms with Crippen LogP contribution in [-0.2, 0) is 4.79 Å². The lowest BCUT2D eigenvalue weighted by Crippen LogP contribution is -2.26. The van der Waals surface area contributed by atoms with E-state index in [9.17, 15) is 4.79 Å². The molecular weight excluding hydrogens is 126 g/mol. The molecule has 0 aliphatic rings. The highest BCUT2D eigenvalue weighted by molar-refractivity contribution is 6.21. The minimum atomic E-state index is -0.319. The molecule has 2 nitrogen and oxygen atoms in total. The first-order valence-electron chi connectivity index (χ1n) is 2.24. The Morgan fingerprint density at radius 2 is 2.50 bits per heavy atom. The van der Waals surface area contributed by atoms with E-state index in [1.807, 2.05) is 0 Å². The molecule has 0 saturated heterocycles. The van der Waals surface area contributed by atoms with Crippen molar-refractivity contribution in [2.45, 2.75) is 12.4 Å². The summed E-state index contributed by atoms with van der Waals surface area (Å²) >= 11 is 5.37. The van der Waals surface area contributed by atoms with Crippen LogP contribution < -0.4 is 5.32 Å². The third-order valence-electron chi connectivity index (χ3n) is 0.527. The fourth-order valence-electron chi connectivity index (χ4n) is 0.255. The van der Waals surface area contributed by atoms with Crippen LogP contribution in [0, 0.1) is 0 Å². The molecule has 0 aliphatic carbocycles. The summed E-state index contributed by atoms with van der Waals surface area (Å²) in [6, 6.07) is 0. The molecule has 8 heavy (non-hydrogen) atoms. The Hall–Kier alpha value is -0.500. The molecular formula is C5H8ClNO. The van der Waals surface area contributed by atoms with Gasteiger partial charge in [-0.25, -0.2) is 0 Å². The van der Waals surface area contributed by atoms with Gasteiger partial charge in [-0.15, -0.1) is 0 Å². The molecule has 1 N–H and O–H groups in total. The minimum Gasteiger partial charge on any atom is -0.337 e. The largest absolute Gasteiger partial charge is 0.337 e. The van der Waals surface area contributed by atoms with Crippen molar-refractivity contribution < 1.29 is 4.79 Å². The molecule has 0 radical (unpaired) electrons. The van der Waals surface area contributed by atoms with Gasteiger partial charge in [0.2, 0.25) is 5.91 Å². The van der Waals surface area contributed by atoms with Crippen LogP contribution in [0.4, 0.5) is 0 Å². The van der Waals surface area contributed by atoms with Crippen molar-refractivity contribution in [2.24, 2.45) is 0 Å². The normalized spacial score (nSPS) is 12.2. The predicted molar refractivity (Wildman–Crippen MR) is 33.7 cm³/mol. The number of carbonyl (C=O) groups excluding carboxylic acids is 1. The first kappa shape index (κ1) is 7.50. The number of alkyl halides is 1. The second kappa shape index (κ2) is 3.50. The quantitative estimate of drug-likeness (QED) is 0.338. The Bertz CT molecular complexity index is 101. The fraction of sp³-hybridized carbons (Fsp3) is 0.400. The Balaban J connectivity index is 3.39. The van der Waals surface area contributed by atoms with E-state index in [1.165, 1.54) is 6.08 Å². The van der Waals surface area contributed by atoms with Crippen LogP contribution in [0.25, 0.3) is 0 Å². The average Bonchev–Trinajstić information content (AvgIpc) is 1.65. The summed E-state index contributed by atoms with van der Waals surface area (Å²) in [7, 11) is 0. The topological polar surface area (TPSA) is 29.1 Å². The van der Waals surface area contributed by atoms with Gasteiger partial charge < -0.3 is 5.32 Å². The van der Waals surface area contributed by atoms with Gasteiger partial charge in [0.15, 0.2) is 0 Å². The van der Waals surface area contributed by atoms with Gasteiger partial charge in [0.05, 0.1) is 0 Å². The molecule has 1 atom stereocenters. The smallest absolute Gasteiger partial charge is 0.244 e. The van der Waals surface area contributed by atoms with E-state index in [1.54, 1.807) is 6.92 Å². The molecule has 46 valence electrons. The lowest BCUT2D eigenvalue weighted by Gasteiger charge is -2.00. The van der Waals surface area contributed by atoms with E-state index in [0.717, 1.165) is 0 Å². The van der Waals surface area contributed by atoms with E-state index in [-0.39, 0.29) is 11.4 Å².